The number of carbonyl (C=O) groups excluding carboxylic acids is 1. The lowest BCUT2D eigenvalue weighted by molar-refractivity contribution is 0.0432. The van der Waals surface area contributed by atoms with Gasteiger partial charge in [0.05, 0.1) is 11.1 Å². The average Bonchev–Trinajstić information content (AvgIpc) is 3.56. The highest BCUT2D eigenvalue weighted by molar-refractivity contribution is 6.33. The van der Waals surface area contributed by atoms with E-state index in [2.05, 4.69) is 22.2 Å². The summed E-state index contributed by atoms with van der Waals surface area (Å²) in [5.41, 5.74) is 2.89. The van der Waals surface area contributed by atoms with Crippen LogP contribution in [0.4, 0.5) is 0 Å². The third kappa shape index (κ3) is 3.53. The van der Waals surface area contributed by atoms with Gasteiger partial charge in [0.25, 0.3) is 5.91 Å². The minimum absolute atomic E-state index is 0.00134. The zero-order chi connectivity index (χ0) is 20.7. The molecule has 2 fully saturated rings. The molecule has 1 saturated carbocycles. The Kier molecular flexibility index (Phi) is 5.09. The molecule has 1 unspecified atom stereocenters. The summed E-state index contributed by atoms with van der Waals surface area (Å²) in [4.78, 5) is 18.3. The summed E-state index contributed by atoms with van der Waals surface area (Å²) in [5, 5.41) is 4.75. The summed E-state index contributed by atoms with van der Waals surface area (Å²) >= 11 is 6.40. The molecule has 1 aromatic heterocycles. The minimum atomic E-state index is -0.0482. The predicted octanol–water partition coefficient (Wildman–Crippen LogP) is 4.96. The Balaban J connectivity index is 1.52. The third-order valence-corrected chi connectivity index (χ3v) is 6.46. The van der Waals surface area contributed by atoms with Crippen LogP contribution in [0.3, 0.4) is 0 Å². The van der Waals surface area contributed by atoms with Crippen molar-refractivity contribution in [3.8, 4) is 11.3 Å². The molecule has 0 N–H and O–H groups in total. The van der Waals surface area contributed by atoms with Crippen LogP contribution in [0.1, 0.15) is 40.6 Å². The van der Waals surface area contributed by atoms with Crippen molar-refractivity contribution < 1.29 is 9.32 Å². The first-order chi connectivity index (χ1) is 14.6. The topological polar surface area (TPSA) is 49.6 Å². The van der Waals surface area contributed by atoms with Crippen LogP contribution in [0.15, 0.2) is 59.1 Å². The number of hydrogen-bond acceptors (Lipinski definition) is 4. The van der Waals surface area contributed by atoms with Gasteiger partial charge < -0.3 is 9.42 Å². The summed E-state index contributed by atoms with van der Waals surface area (Å²) in [7, 11) is 0. The highest BCUT2D eigenvalue weighted by Gasteiger charge is 2.39. The second kappa shape index (κ2) is 7.89. The quantitative estimate of drug-likeness (QED) is 0.597. The first-order valence-electron chi connectivity index (χ1n) is 10.4. The zero-order valence-electron chi connectivity index (χ0n) is 16.9. The van der Waals surface area contributed by atoms with E-state index >= 15 is 0 Å². The van der Waals surface area contributed by atoms with Crippen LogP contribution in [0, 0.1) is 6.92 Å². The zero-order valence-corrected chi connectivity index (χ0v) is 17.7. The molecule has 154 valence electrons. The van der Waals surface area contributed by atoms with Gasteiger partial charge in [0.2, 0.25) is 0 Å². The number of halogens is 1. The molecule has 0 bridgehead atoms. The molecule has 1 saturated heterocycles. The van der Waals surface area contributed by atoms with Crippen LogP contribution in [-0.4, -0.2) is 46.5 Å². The van der Waals surface area contributed by atoms with Crippen LogP contribution >= 0.6 is 11.6 Å². The fourth-order valence-electron chi connectivity index (χ4n) is 4.38. The Morgan fingerprint density at radius 3 is 2.53 bits per heavy atom. The molecule has 0 spiro atoms. The first-order valence-corrected chi connectivity index (χ1v) is 10.8. The van der Waals surface area contributed by atoms with Gasteiger partial charge >= 0.3 is 0 Å². The van der Waals surface area contributed by atoms with Crippen molar-refractivity contribution in [2.45, 2.75) is 31.8 Å². The minimum Gasteiger partial charge on any atom is -0.360 e. The number of hydrogen-bond donors (Lipinski definition) is 0. The molecule has 5 rings (SSSR count). The van der Waals surface area contributed by atoms with Crippen molar-refractivity contribution in [3.63, 3.8) is 0 Å². The molecular weight excluding hydrogens is 398 g/mol. The highest BCUT2D eigenvalue weighted by atomic mass is 35.5. The summed E-state index contributed by atoms with van der Waals surface area (Å²) < 4.78 is 5.46. The fraction of sp³-hybridized carbons (Fsp3) is 0.333. The average molecular weight is 422 g/mol. The number of aryl methyl sites for hydroxylation is 1. The van der Waals surface area contributed by atoms with Gasteiger partial charge in [-0.15, -0.1) is 0 Å². The first kappa shape index (κ1) is 19.3. The molecule has 5 nitrogen and oxygen atoms in total. The fourth-order valence-corrected chi connectivity index (χ4v) is 4.61. The number of rotatable bonds is 4. The van der Waals surface area contributed by atoms with E-state index in [1.807, 2.05) is 41.3 Å². The van der Waals surface area contributed by atoms with Gasteiger partial charge in [-0.3, -0.25) is 9.69 Å². The second-order valence-corrected chi connectivity index (χ2v) is 8.50. The van der Waals surface area contributed by atoms with Crippen molar-refractivity contribution >= 4 is 17.5 Å². The summed E-state index contributed by atoms with van der Waals surface area (Å²) in [5.74, 6) is 0.472. The van der Waals surface area contributed by atoms with Gasteiger partial charge in [0.1, 0.15) is 17.0 Å². The lowest BCUT2D eigenvalue weighted by Crippen LogP contribution is -2.51. The molecule has 1 amide bonds. The van der Waals surface area contributed by atoms with Gasteiger partial charge in [-0.25, -0.2) is 0 Å². The van der Waals surface area contributed by atoms with E-state index in [0.29, 0.717) is 40.2 Å². The van der Waals surface area contributed by atoms with E-state index in [9.17, 15) is 4.79 Å². The summed E-state index contributed by atoms with van der Waals surface area (Å²) in [6.45, 7) is 4.22. The SMILES string of the molecule is Cc1onc(-c2ccccc2Cl)c1C(=O)N1CCN(C2CC2)CC1c1ccccc1. The van der Waals surface area contributed by atoms with Crippen molar-refractivity contribution in [1.29, 1.82) is 0 Å². The van der Waals surface area contributed by atoms with Gasteiger partial charge in [0, 0.05) is 31.2 Å². The standard InChI is InChI=1S/C24H24ClN3O2/c1-16-22(23(26-30-16)19-9-5-6-10-20(19)25)24(29)28-14-13-27(18-11-12-18)15-21(28)17-7-3-2-4-8-17/h2-10,18,21H,11-15H2,1H3. The molecule has 1 aliphatic carbocycles. The molecule has 1 aliphatic heterocycles. The Hall–Kier alpha value is -2.63. The van der Waals surface area contributed by atoms with E-state index in [4.69, 9.17) is 16.1 Å². The molecule has 0 radical (unpaired) electrons. The highest BCUT2D eigenvalue weighted by Crippen LogP contribution is 2.37. The molecule has 2 aliphatic rings. The van der Waals surface area contributed by atoms with Gasteiger partial charge in [-0.2, -0.15) is 0 Å². The van der Waals surface area contributed by atoms with Gasteiger partial charge in [-0.1, -0.05) is 65.3 Å². The molecule has 2 aromatic carbocycles. The molecule has 6 heteroatoms. The molecule has 2 heterocycles. The van der Waals surface area contributed by atoms with E-state index in [0.717, 1.165) is 18.7 Å². The lowest BCUT2D eigenvalue weighted by atomic mass is 9.99. The van der Waals surface area contributed by atoms with E-state index in [-0.39, 0.29) is 11.9 Å². The Bertz CT molecular complexity index is 1060. The molecule has 1 atom stereocenters. The van der Waals surface area contributed by atoms with E-state index in [1.165, 1.54) is 12.8 Å². The van der Waals surface area contributed by atoms with Crippen LogP contribution in [0.25, 0.3) is 11.3 Å². The maximum Gasteiger partial charge on any atom is 0.260 e. The van der Waals surface area contributed by atoms with Gasteiger partial charge in [-0.05, 0) is 31.4 Å². The third-order valence-electron chi connectivity index (χ3n) is 6.13. The second-order valence-electron chi connectivity index (χ2n) is 8.09. The Morgan fingerprint density at radius 1 is 1.07 bits per heavy atom. The molecule has 30 heavy (non-hydrogen) atoms. The van der Waals surface area contributed by atoms with Crippen molar-refractivity contribution in [3.05, 3.63) is 76.5 Å². The number of carbonyl (C=O) groups is 1. The van der Waals surface area contributed by atoms with Crippen molar-refractivity contribution in [2.75, 3.05) is 19.6 Å². The summed E-state index contributed by atoms with van der Waals surface area (Å²) in [6, 6.07) is 18.4. The smallest absolute Gasteiger partial charge is 0.260 e. The number of nitrogens with zero attached hydrogens (tertiary/aromatic N) is 3. The molecular formula is C24H24ClN3O2. The molecule has 3 aromatic rings. The summed E-state index contributed by atoms with van der Waals surface area (Å²) in [6.07, 6.45) is 2.52. The number of amides is 1. The largest absolute Gasteiger partial charge is 0.360 e. The van der Waals surface area contributed by atoms with Crippen molar-refractivity contribution in [1.82, 2.24) is 15.0 Å². The number of aromatic nitrogens is 1. The normalized spacial score (nSPS) is 19.8. The van der Waals surface area contributed by atoms with E-state index < -0.39 is 0 Å². The number of piperazine rings is 1. The Labute approximate surface area is 181 Å². The predicted molar refractivity (Wildman–Crippen MR) is 117 cm³/mol. The van der Waals surface area contributed by atoms with E-state index in [1.54, 1.807) is 13.0 Å². The van der Waals surface area contributed by atoms with Crippen molar-refractivity contribution in [2.24, 2.45) is 0 Å². The maximum atomic E-state index is 13.8. The van der Waals surface area contributed by atoms with Crippen LogP contribution < -0.4 is 0 Å². The number of benzene rings is 2. The van der Waals surface area contributed by atoms with Crippen LogP contribution in [0.5, 0.6) is 0 Å². The monoisotopic (exact) mass is 421 g/mol. The maximum absolute atomic E-state index is 13.8. The van der Waals surface area contributed by atoms with Crippen LogP contribution in [-0.2, 0) is 0 Å². The Morgan fingerprint density at radius 2 is 1.80 bits per heavy atom. The van der Waals surface area contributed by atoms with Gasteiger partial charge in [0.15, 0.2) is 0 Å². The lowest BCUT2D eigenvalue weighted by Gasteiger charge is -2.42. The van der Waals surface area contributed by atoms with Crippen LogP contribution in [0.2, 0.25) is 5.02 Å².